The van der Waals surface area contributed by atoms with E-state index in [-0.39, 0.29) is 12.5 Å². The molecule has 0 aromatic carbocycles. The molecule has 0 saturated carbocycles. The molecule has 0 aromatic rings. The Morgan fingerprint density at radius 1 is 1.46 bits per heavy atom. The van der Waals surface area contributed by atoms with Crippen molar-refractivity contribution in [3.8, 4) is 0 Å². The van der Waals surface area contributed by atoms with Gasteiger partial charge in [-0.25, -0.2) is 0 Å². The summed E-state index contributed by atoms with van der Waals surface area (Å²) in [6, 6.07) is 0. The Hall–Kier alpha value is -0.570. The summed E-state index contributed by atoms with van der Waals surface area (Å²) >= 11 is 0. The number of nitrogens with zero attached hydrogens (tertiary/aromatic N) is 1. The van der Waals surface area contributed by atoms with Crippen molar-refractivity contribution in [1.29, 1.82) is 0 Å². The summed E-state index contributed by atoms with van der Waals surface area (Å²) in [5.41, 5.74) is 0.304. The first-order valence-electron chi connectivity index (χ1n) is 4.84. The van der Waals surface area contributed by atoms with E-state index < -0.39 is 0 Å². The fourth-order valence-corrected chi connectivity index (χ4v) is 1.26. The molecule has 3 nitrogen and oxygen atoms in total. The van der Waals surface area contributed by atoms with Crippen LogP contribution in [0.2, 0.25) is 0 Å². The second kappa shape index (κ2) is 4.09. The fraction of sp³-hybridized carbons (Fsp3) is 0.900. The average molecular weight is 185 g/mol. The molecule has 0 aliphatic carbocycles. The molecule has 0 N–H and O–H groups in total. The molecular formula is C10H19NO2. The molecule has 0 radical (unpaired) electrons. The maximum Gasteiger partial charge on any atom is 0.248 e. The van der Waals surface area contributed by atoms with Crippen LogP contribution in [0.25, 0.3) is 0 Å². The summed E-state index contributed by atoms with van der Waals surface area (Å²) in [5, 5.41) is 0. The maximum atomic E-state index is 11.3. The molecule has 0 bridgehead atoms. The van der Waals surface area contributed by atoms with Gasteiger partial charge >= 0.3 is 0 Å². The van der Waals surface area contributed by atoms with Crippen LogP contribution in [0.5, 0.6) is 0 Å². The first kappa shape index (κ1) is 10.5. The van der Waals surface area contributed by atoms with Crippen molar-refractivity contribution in [3.63, 3.8) is 0 Å². The second-order valence-corrected chi connectivity index (χ2v) is 4.74. The van der Waals surface area contributed by atoms with E-state index >= 15 is 0 Å². The van der Waals surface area contributed by atoms with Crippen molar-refractivity contribution in [2.24, 2.45) is 5.41 Å². The molecule has 13 heavy (non-hydrogen) atoms. The number of carbonyl (C=O) groups excluding carboxylic acids is 1. The van der Waals surface area contributed by atoms with Gasteiger partial charge in [0.2, 0.25) is 5.91 Å². The molecule has 0 aromatic heterocycles. The first-order valence-corrected chi connectivity index (χ1v) is 4.84. The molecule has 0 spiro atoms. The molecule has 0 atom stereocenters. The minimum absolute atomic E-state index is 0.135. The molecule has 1 rings (SSSR count). The molecule has 76 valence electrons. The zero-order valence-electron chi connectivity index (χ0n) is 8.80. The van der Waals surface area contributed by atoms with Gasteiger partial charge in [-0.3, -0.25) is 4.79 Å². The molecule has 1 aliphatic rings. The van der Waals surface area contributed by atoms with E-state index in [4.69, 9.17) is 4.74 Å². The molecule has 1 fully saturated rings. The van der Waals surface area contributed by atoms with Crippen LogP contribution in [0.15, 0.2) is 0 Å². The van der Waals surface area contributed by atoms with E-state index in [1.165, 1.54) is 0 Å². The zero-order chi connectivity index (χ0) is 9.90. The second-order valence-electron chi connectivity index (χ2n) is 4.74. The van der Waals surface area contributed by atoms with Crippen molar-refractivity contribution >= 4 is 5.91 Å². The lowest BCUT2D eigenvalue weighted by Gasteiger charge is -2.29. The van der Waals surface area contributed by atoms with E-state index in [0.29, 0.717) is 12.0 Å². The molecule has 3 heteroatoms. The fourth-order valence-electron chi connectivity index (χ4n) is 1.26. The van der Waals surface area contributed by atoms with Crippen LogP contribution >= 0.6 is 0 Å². The first-order chi connectivity index (χ1) is 5.99. The van der Waals surface area contributed by atoms with Crippen LogP contribution in [0.4, 0.5) is 0 Å². The number of morpholine rings is 1. The molecule has 1 amide bonds. The normalized spacial score (nSPS) is 19.3. The van der Waals surface area contributed by atoms with Crippen LogP contribution < -0.4 is 0 Å². The monoisotopic (exact) mass is 185 g/mol. The van der Waals surface area contributed by atoms with E-state index in [1.807, 2.05) is 4.90 Å². The van der Waals surface area contributed by atoms with Gasteiger partial charge in [-0.05, 0) is 11.8 Å². The van der Waals surface area contributed by atoms with Crippen LogP contribution in [-0.4, -0.2) is 37.1 Å². The van der Waals surface area contributed by atoms with Crippen molar-refractivity contribution < 1.29 is 9.53 Å². The average Bonchev–Trinajstić information content (AvgIpc) is 2.01. The Balaban J connectivity index is 2.31. The predicted molar refractivity (Wildman–Crippen MR) is 51.5 cm³/mol. The smallest absolute Gasteiger partial charge is 0.248 e. The number of ether oxygens (including phenoxy) is 1. The highest BCUT2D eigenvalue weighted by atomic mass is 16.5. The Labute approximate surface area is 80.1 Å². The summed E-state index contributed by atoms with van der Waals surface area (Å²) in [6.07, 6.45) is 1.05. The third kappa shape index (κ3) is 3.77. The molecule has 1 heterocycles. The summed E-state index contributed by atoms with van der Waals surface area (Å²) in [5.74, 6) is 0.135. The van der Waals surface area contributed by atoms with Crippen LogP contribution in [0, 0.1) is 5.41 Å². The maximum absolute atomic E-state index is 11.3. The third-order valence-electron chi connectivity index (χ3n) is 2.22. The summed E-state index contributed by atoms with van der Waals surface area (Å²) in [6.45, 7) is 9.16. The van der Waals surface area contributed by atoms with Gasteiger partial charge in [0.25, 0.3) is 0 Å². The minimum Gasteiger partial charge on any atom is -0.370 e. The summed E-state index contributed by atoms with van der Waals surface area (Å²) in [7, 11) is 0. The lowest BCUT2D eigenvalue weighted by molar-refractivity contribution is -0.142. The Morgan fingerprint density at radius 3 is 2.69 bits per heavy atom. The van der Waals surface area contributed by atoms with Crippen LogP contribution in [-0.2, 0) is 9.53 Å². The van der Waals surface area contributed by atoms with Gasteiger partial charge in [0.05, 0.1) is 6.61 Å². The van der Waals surface area contributed by atoms with Gasteiger partial charge < -0.3 is 9.64 Å². The highest BCUT2D eigenvalue weighted by Gasteiger charge is 2.20. The molecule has 1 aliphatic heterocycles. The number of hydrogen-bond donors (Lipinski definition) is 0. The van der Waals surface area contributed by atoms with E-state index in [0.717, 1.165) is 19.5 Å². The lowest BCUT2D eigenvalue weighted by Crippen LogP contribution is -2.42. The van der Waals surface area contributed by atoms with E-state index in [9.17, 15) is 4.79 Å². The Bertz CT molecular complexity index is 184. The highest BCUT2D eigenvalue weighted by molar-refractivity contribution is 5.77. The number of hydrogen-bond acceptors (Lipinski definition) is 2. The van der Waals surface area contributed by atoms with Crippen molar-refractivity contribution in [2.45, 2.75) is 27.2 Å². The molecule has 0 unspecified atom stereocenters. The van der Waals surface area contributed by atoms with Gasteiger partial charge in [-0.15, -0.1) is 0 Å². The highest BCUT2D eigenvalue weighted by Crippen LogP contribution is 2.19. The Morgan fingerprint density at radius 2 is 2.15 bits per heavy atom. The van der Waals surface area contributed by atoms with Crippen molar-refractivity contribution in [2.75, 3.05) is 26.3 Å². The van der Waals surface area contributed by atoms with Gasteiger partial charge in [0.15, 0.2) is 0 Å². The van der Waals surface area contributed by atoms with Gasteiger partial charge in [-0.2, -0.15) is 0 Å². The van der Waals surface area contributed by atoms with E-state index in [1.54, 1.807) is 0 Å². The number of carbonyl (C=O) groups is 1. The molecule has 1 saturated heterocycles. The van der Waals surface area contributed by atoms with Gasteiger partial charge in [0.1, 0.15) is 6.61 Å². The van der Waals surface area contributed by atoms with Crippen molar-refractivity contribution in [1.82, 2.24) is 4.90 Å². The third-order valence-corrected chi connectivity index (χ3v) is 2.22. The summed E-state index contributed by atoms with van der Waals surface area (Å²) < 4.78 is 5.05. The van der Waals surface area contributed by atoms with Gasteiger partial charge in [-0.1, -0.05) is 20.8 Å². The largest absolute Gasteiger partial charge is 0.370 e. The van der Waals surface area contributed by atoms with Crippen LogP contribution in [0.3, 0.4) is 0 Å². The zero-order valence-corrected chi connectivity index (χ0v) is 8.80. The number of amides is 1. The Kier molecular flexibility index (Phi) is 3.31. The minimum atomic E-state index is 0.135. The standard InChI is InChI=1S/C10H19NO2/c1-10(2,3)4-5-11-6-7-13-8-9(11)12/h4-8H2,1-3H3. The summed E-state index contributed by atoms with van der Waals surface area (Å²) in [4.78, 5) is 13.2. The van der Waals surface area contributed by atoms with E-state index in [2.05, 4.69) is 20.8 Å². The SMILES string of the molecule is CC(C)(C)CCN1CCOCC1=O. The molecular weight excluding hydrogens is 166 g/mol. The predicted octanol–water partition coefficient (Wildman–Crippen LogP) is 1.28. The van der Waals surface area contributed by atoms with Crippen molar-refractivity contribution in [3.05, 3.63) is 0 Å². The number of rotatable bonds is 2. The van der Waals surface area contributed by atoms with Crippen LogP contribution in [0.1, 0.15) is 27.2 Å². The lowest BCUT2D eigenvalue weighted by atomic mass is 9.92. The quantitative estimate of drug-likeness (QED) is 0.648. The topological polar surface area (TPSA) is 29.5 Å². The van der Waals surface area contributed by atoms with Gasteiger partial charge in [0, 0.05) is 13.1 Å².